The van der Waals surface area contributed by atoms with Crippen LogP contribution < -0.4 is 9.47 Å². The van der Waals surface area contributed by atoms with Gasteiger partial charge in [-0.2, -0.15) is 4.31 Å². The summed E-state index contributed by atoms with van der Waals surface area (Å²) in [6, 6.07) is 12.9. The highest BCUT2D eigenvalue weighted by Gasteiger charge is 2.34. The molecule has 1 heterocycles. The minimum atomic E-state index is -3.66. The lowest BCUT2D eigenvalue weighted by Gasteiger charge is -2.30. The number of rotatable bonds is 9. The molecular formula is C24H29NO7S. The molecule has 9 heteroatoms. The molecule has 1 saturated heterocycles. The first-order valence-electron chi connectivity index (χ1n) is 10.9. The van der Waals surface area contributed by atoms with Crippen LogP contribution in [0.1, 0.15) is 37.0 Å². The maximum atomic E-state index is 12.9. The van der Waals surface area contributed by atoms with Crippen LogP contribution in [-0.2, 0) is 19.6 Å². The number of ether oxygens (including phenoxy) is 3. The van der Waals surface area contributed by atoms with E-state index in [-0.39, 0.29) is 23.8 Å². The van der Waals surface area contributed by atoms with Crippen LogP contribution in [-0.4, -0.2) is 57.4 Å². The molecule has 0 bridgehead atoms. The Morgan fingerprint density at radius 1 is 1.00 bits per heavy atom. The fourth-order valence-electron chi connectivity index (χ4n) is 3.67. The van der Waals surface area contributed by atoms with Gasteiger partial charge >= 0.3 is 5.97 Å². The average molecular weight is 476 g/mol. The Morgan fingerprint density at radius 3 is 2.12 bits per heavy atom. The summed E-state index contributed by atoms with van der Waals surface area (Å²) in [5.74, 6) is -0.00810. The van der Waals surface area contributed by atoms with Crippen molar-refractivity contribution < 1.29 is 32.2 Å². The van der Waals surface area contributed by atoms with Gasteiger partial charge in [-0.05, 0) is 75.2 Å². The molecule has 0 aliphatic carbocycles. The molecule has 1 atom stereocenters. The molecule has 2 aromatic carbocycles. The first-order valence-corrected chi connectivity index (χ1v) is 12.3. The summed E-state index contributed by atoms with van der Waals surface area (Å²) in [5, 5.41) is 0. The predicted molar refractivity (Wildman–Crippen MR) is 122 cm³/mol. The van der Waals surface area contributed by atoms with Gasteiger partial charge in [0.2, 0.25) is 15.8 Å². The lowest BCUT2D eigenvalue weighted by atomic mass is 9.98. The topological polar surface area (TPSA) is 99.2 Å². The van der Waals surface area contributed by atoms with Crippen LogP contribution >= 0.6 is 0 Å². The van der Waals surface area contributed by atoms with Crippen LogP contribution in [0.15, 0.2) is 53.4 Å². The third kappa shape index (κ3) is 5.91. The Morgan fingerprint density at radius 2 is 1.58 bits per heavy atom. The quantitative estimate of drug-likeness (QED) is 0.405. The van der Waals surface area contributed by atoms with Crippen LogP contribution in [0.25, 0.3) is 0 Å². The van der Waals surface area contributed by atoms with Crippen molar-refractivity contribution in [2.24, 2.45) is 5.92 Å². The van der Waals surface area contributed by atoms with Gasteiger partial charge in [-0.15, -0.1) is 0 Å². The van der Waals surface area contributed by atoms with Gasteiger partial charge in [-0.3, -0.25) is 9.59 Å². The predicted octanol–water partition coefficient (Wildman–Crippen LogP) is 3.31. The average Bonchev–Trinajstić information content (AvgIpc) is 2.84. The van der Waals surface area contributed by atoms with E-state index in [0.29, 0.717) is 36.5 Å². The van der Waals surface area contributed by atoms with Crippen LogP contribution in [0.4, 0.5) is 0 Å². The molecule has 0 N–H and O–H groups in total. The molecule has 1 aliphatic heterocycles. The molecule has 2 aromatic rings. The lowest BCUT2D eigenvalue weighted by Crippen LogP contribution is -2.41. The van der Waals surface area contributed by atoms with Gasteiger partial charge in [0.15, 0.2) is 6.10 Å². The molecular weight excluding hydrogens is 446 g/mol. The van der Waals surface area contributed by atoms with E-state index in [4.69, 9.17) is 14.2 Å². The van der Waals surface area contributed by atoms with Crippen molar-refractivity contribution in [3.63, 3.8) is 0 Å². The number of benzene rings is 2. The fraction of sp³-hybridized carbons (Fsp3) is 0.417. The summed E-state index contributed by atoms with van der Waals surface area (Å²) in [6.07, 6.45) is -0.270. The van der Waals surface area contributed by atoms with Gasteiger partial charge in [0.05, 0.1) is 24.5 Å². The van der Waals surface area contributed by atoms with Crippen LogP contribution in [0, 0.1) is 5.92 Å². The molecule has 178 valence electrons. The molecule has 8 nitrogen and oxygen atoms in total. The number of hydrogen-bond donors (Lipinski definition) is 0. The van der Waals surface area contributed by atoms with Gasteiger partial charge in [-0.1, -0.05) is 0 Å². The largest absolute Gasteiger partial charge is 0.497 e. The zero-order valence-corrected chi connectivity index (χ0v) is 19.8. The van der Waals surface area contributed by atoms with Gasteiger partial charge in [0.25, 0.3) is 0 Å². The minimum absolute atomic E-state index is 0.186. The van der Waals surface area contributed by atoms with E-state index in [1.165, 1.54) is 30.5 Å². The molecule has 1 fully saturated rings. The van der Waals surface area contributed by atoms with E-state index in [1.54, 1.807) is 36.4 Å². The molecule has 0 spiro atoms. The van der Waals surface area contributed by atoms with Crippen molar-refractivity contribution in [1.82, 2.24) is 4.31 Å². The molecule has 3 rings (SSSR count). The monoisotopic (exact) mass is 475 g/mol. The zero-order valence-electron chi connectivity index (χ0n) is 19.0. The smallest absolute Gasteiger partial charge is 0.309 e. The second kappa shape index (κ2) is 10.8. The Balaban J connectivity index is 1.55. The number of hydrogen-bond acceptors (Lipinski definition) is 7. The van der Waals surface area contributed by atoms with Gasteiger partial charge in [-0.25, -0.2) is 8.42 Å². The number of piperidine rings is 1. The summed E-state index contributed by atoms with van der Waals surface area (Å²) < 4.78 is 43.0. The Kier molecular flexibility index (Phi) is 8.10. The van der Waals surface area contributed by atoms with E-state index in [0.717, 1.165) is 0 Å². The second-order valence-corrected chi connectivity index (χ2v) is 9.69. The number of esters is 1. The van der Waals surface area contributed by atoms with Crippen molar-refractivity contribution in [1.29, 1.82) is 0 Å². The second-order valence-electron chi connectivity index (χ2n) is 7.75. The summed E-state index contributed by atoms with van der Waals surface area (Å²) in [7, 11) is -2.12. The molecule has 0 aromatic heterocycles. The standard InChI is InChI=1S/C24H29NO7S/c1-4-31-21-9-11-22(12-10-21)33(28,29)25-15-13-19(14-16-25)24(27)32-17(2)23(26)18-5-7-20(30-3)8-6-18/h5-12,17,19H,4,13-16H2,1-3H3. The third-order valence-electron chi connectivity index (χ3n) is 5.60. The summed E-state index contributed by atoms with van der Waals surface area (Å²) in [6.45, 7) is 4.30. The van der Waals surface area contributed by atoms with E-state index < -0.39 is 28.0 Å². The van der Waals surface area contributed by atoms with Gasteiger partial charge in [0.1, 0.15) is 11.5 Å². The third-order valence-corrected chi connectivity index (χ3v) is 7.51. The Bertz CT molecular complexity index is 1060. The molecule has 1 unspecified atom stereocenters. The summed E-state index contributed by atoms with van der Waals surface area (Å²) in [5.41, 5.74) is 0.423. The van der Waals surface area contributed by atoms with E-state index in [2.05, 4.69) is 0 Å². The number of carbonyl (C=O) groups excluding carboxylic acids is 2. The number of ketones is 1. The van der Waals surface area contributed by atoms with Crippen molar-refractivity contribution >= 4 is 21.8 Å². The highest BCUT2D eigenvalue weighted by molar-refractivity contribution is 7.89. The lowest BCUT2D eigenvalue weighted by molar-refractivity contribution is -0.152. The number of methoxy groups -OCH3 is 1. The number of carbonyl (C=O) groups is 2. The molecule has 0 radical (unpaired) electrons. The SMILES string of the molecule is CCOc1ccc(S(=O)(=O)N2CCC(C(=O)OC(C)C(=O)c3ccc(OC)cc3)CC2)cc1. The highest BCUT2D eigenvalue weighted by Crippen LogP contribution is 2.26. The Hall–Kier alpha value is -2.91. The number of Topliss-reactive ketones (excluding diaryl/α,β-unsaturated/α-hetero) is 1. The molecule has 1 aliphatic rings. The maximum absolute atomic E-state index is 12.9. The van der Waals surface area contributed by atoms with Gasteiger partial charge in [0, 0.05) is 18.7 Å². The summed E-state index contributed by atoms with van der Waals surface area (Å²) in [4.78, 5) is 25.3. The molecule has 33 heavy (non-hydrogen) atoms. The normalized spacial score (nSPS) is 16.1. The van der Waals surface area contributed by atoms with Crippen molar-refractivity contribution in [3.05, 3.63) is 54.1 Å². The van der Waals surface area contributed by atoms with Crippen molar-refractivity contribution in [2.45, 2.75) is 37.7 Å². The Labute approximate surface area is 194 Å². The van der Waals surface area contributed by atoms with Gasteiger partial charge < -0.3 is 14.2 Å². The molecule has 0 amide bonds. The molecule has 0 saturated carbocycles. The number of nitrogens with zero attached hydrogens (tertiary/aromatic N) is 1. The van der Waals surface area contributed by atoms with Crippen molar-refractivity contribution in [2.75, 3.05) is 26.8 Å². The number of sulfonamides is 1. The van der Waals surface area contributed by atoms with Crippen LogP contribution in [0.5, 0.6) is 11.5 Å². The first-order chi connectivity index (χ1) is 15.8. The van der Waals surface area contributed by atoms with Crippen LogP contribution in [0.3, 0.4) is 0 Å². The van der Waals surface area contributed by atoms with E-state index in [9.17, 15) is 18.0 Å². The van der Waals surface area contributed by atoms with Crippen molar-refractivity contribution in [3.8, 4) is 11.5 Å². The van der Waals surface area contributed by atoms with E-state index in [1.807, 2.05) is 6.92 Å². The fourth-order valence-corrected chi connectivity index (χ4v) is 5.14. The van der Waals surface area contributed by atoms with E-state index >= 15 is 0 Å². The zero-order chi connectivity index (χ0) is 24.0. The highest BCUT2D eigenvalue weighted by atomic mass is 32.2. The maximum Gasteiger partial charge on any atom is 0.309 e. The van der Waals surface area contributed by atoms with Crippen LogP contribution in [0.2, 0.25) is 0 Å². The first kappa shape index (κ1) is 24.7. The summed E-state index contributed by atoms with van der Waals surface area (Å²) >= 11 is 0. The minimum Gasteiger partial charge on any atom is -0.497 e.